The average Bonchev–Trinajstić information content (AvgIpc) is 2.85. The summed E-state index contributed by atoms with van der Waals surface area (Å²) in [5, 5.41) is 0. The summed E-state index contributed by atoms with van der Waals surface area (Å²) in [5.41, 5.74) is -0.737. The third-order valence-corrected chi connectivity index (χ3v) is 4.87. The summed E-state index contributed by atoms with van der Waals surface area (Å²) in [7, 11) is 0. The van der Waals surface area contributed by atoms with Crippen molar-refractivity contribution in [2.75, 3.05) is 50.7 Å². The molecule has 8 heteroatoms. The predicted octanol–water partition coefficient (Wildman–Crippen LogP) is 3.75. The van der Waals surface area contributed by atoms with Crippen molar-refractivity contribution in [1.82, 2.24) is 14.8 Å². The van der Waals surface area contributed by atoms with Gasteiger partial charge in [-0.1, -0.05) is 27.7 Å². The average molecular weight is 415 g/mol. The van der Waals surface area contributed by atoms with E-state index >= 15 is 0 Å². The molecule has 1 fully saturated rings. The molecule has 1 aromatic rings. The first-order chi connectivity index (χ1) is 13.6. The number of carbonyl (C=O) groups is 1. The van der Waals surface area contributed by atoms with E-state index in [4.69, 9.17) is 0 Å². The van der Waals surface area contributed by atoms with Crippen LogP contribution >= 0.6 is 0 Å². The first-order valence-corrected chi connectivity index (χ1v) is 10.3. The molecule has 2 heterocycles. The van der Waals surface area contributed by atoms with E-state index in [1.54, 1.807) is 0 Å². The molecule has 0 radical (unpaired) electrons. The highest BCUT2D eigenvalue weighted by Crippen LogP contribution is 2.29. The fraction of sp³-hybridized carbons (Fsp3) is 0.714. The topological polar surface area (TPSA) is 39.7 Å². The third-order valence-electron chi connectivity index (χ3n) is 4.87. The summed E-state index contributed by atoms with van der Waals surface area (Å²) in [6, 6.07) is 2.50. The molecule has 5 nitrogen and oxygen atoms in total. The molecule has 1 amide bonds. The number of nitrogens with zero attached hydrogens (tertiary/aromatic N) is 4. The van der Waals surface area contributed by atoms with E-state index in [2.05, 4.69) is 37.6 Å². The largest absolute Gasteiger partial charge is 0.417 e. The number of rotatable bonds is 7. The Balaban J connectivity index is 1.94. The SMILES string of the molecule is CC(C)CN(CC(C)C)C(=O)CN1CCCN(c2ccc(C(F)(F)F)cn2)CC1. The van der Waals surface area contributed by atoms with Crippen LogP contribution in [-0.4, -0.2) is 66.5 Å². The van der Waals surface area contributed by atoms with Gasteiger partial charge in [-0.25, -0.2) is 4.98 Å². The first kappa shape index (κ1) is 23.4. The van der Waals surface area contributed by atoms with E-state index < -0.39 is 11.7 Å². The molecule has 0 N–H and O–H groups in total. The quantitative estimate of drug-likeness (QED) is 0.681. The lowest BCUT2D eigenvalue weighted by Gasteiger charge is -2.29. The zero-order chi connectivity index (χ0) is 21.6. The summed E-state index contributed by atoms with van der Waals surface area (Å²) in [6.07, 6.45) is -2.65. The van der Waals surface area contributed by atoms with Crippen molar-refractivity contribution in [3.8, 4) is 0 Å². The molecule has 164 valence electrons. The molecule has 1 aliphatic rings. The number of anilines is 1. The van der Waals surface area contributed by atoms with Crippen LogP contribution in [0.3, 0.4) is 0 Å². The van der Waals surface area contributed by atoms with Crippen molar-refractivity contribution in [3.05, 3.63) is 23.9 Å². The Bertz CT molecular complexity index is 636. The van der Waals surface area contributed by atoms with E-state index in [1.807, 2.05) is 9.80 Å². The molecule has 0 unspecified atom stereocenters. The highest BCUT2D eigenvalue weighted by atomic mass is 19.4. The molecule has 0 spiro atoms. The molecule has 0 bridgehead atoms. The number of pyridine rings is 1. The van der Waals surface area contributed by atoms with E-state index in [-0.39, 0.29) is 5.91 Å². The van der Waals surface area contributed by atoms with Gasteiger partial charge in [0, 0.05) is 45.5 Å². The fourth-order valence-corrected chi connectivity index (χ4v) is 3.55. The number of hydrogen-bond acceptors (Lipinski definition) is 4. The smallest absolute Gasteiger partial charge is 0.355 e. The summed E-state index contributed by atoms with van der Waals surface area (Å²) in [6.45, 7) is 13.2. The molecule has 1 saturated heterocycles. The number of carbonyl (C=O) groups excluding carboxylic acids is 1. The number of amides is 1. The van der Waals surface area contributed by atoms with Crippen molar-refractivity contribution in [3.63, 3.8) is 0 Å². The van der Waals surface area contributed by atoms with Gasteiger partial charge in [0.1, 0.15) is 5.82 Å². The molecular formula is C21H33F3N4O. The van der Waals surface area contributed by atoms with Crippen LogP contribution in [0.2, 0.25) is 0 Å². The van der Waals surface area contributed by atoms with Gasteiger partial charge >= 0.3 is 6.18 Å². The molecule has 0 atom stereocenters. The summed E-state index contributed by atoms with van der Waals surface area (Å²) in [4.78, 5) is 22.9. The minimum Gasteiger partial charge on any atom is -0.355 e. The zero-order valence-electron chi connectivity index (χ0n) is 17.9. The van der Waals surface area contributed by atoms with Crippen molar-refractivity contribution >= 4 is 11.7 Å². The van der Waals surface area contributed by atoms with Gasteiger partial charge in [0.2, 0.25) is 5.91 Å². The van der Waals surface area contributed by atoms with Crippen molar-refractivity contribution in [1.29, 1.82) is 0 Å². The van der Waals surface area contributed by atoms with Crippen LogP contribution in [0, 0.1) is 11.8 Å². The summed E-state index contributed by atoms with van der Waals surface area (Å²) in [5.74, 6) is 1.53. The monoisotopic (exact) mass is 414 g/mol. The number of aromatic nitrogens is 1. The van der Waals surface area contributed by atoms with Crippen LogP contribution in [0.1, 0.15) is 39.7 Å². The second-order valence-corrected chi connectivity index (χ2v) is 8.61. The maximum atomic E-state index is 12.8. The lowest BCUT2D eigenvalue weighted by atomic mass is 10.1. The van der Waals surface area contributed by atoms with Gasteiger partial charge in [-0.3, -0.25) is 9.69 Å². The number of halogens is 3. The first-order valence-electron chi connectivity index (χ1n) is 10.3. The second-order valence-electron chi connectivity index (χ2n) is 8.61. The van der Waals surface area contributed by atoms with Crippen LogP contribution in [0.25, 0.3) is 0 Å². The summed E-state index contributed by atoms with van der Waals surface area (Å²) >= 11 is 0. The Hall–Kier alpha value is -1.83. The Labute approximate surface area is 171 Å². The molecule has 29 heavy (non-hydrogen) atoms. The Morgan fingerprint density at radius 2 is 1.72 bits per heavy atom. The van der Waals surface area contributed by atoms with Gasteiger partial charge in [-0.15, -0.1) is 0 Å². The number of hydrogen-bond donors (Lipinski definition) is 0. The fourth-order valence-electron chi connectivity index (χ4n) is 3.55. The molecule has 1 aliphatic heterocycles. The van der Waals surface area contributed by atoms with Gasteiger partial charge in [0.25, 0.3) is 0 Å². The van der Waals surface area contributed by atoms with Gasteiger partial charge in [0.05, 0.1) is 12.1 Å². The molecule has 0 saturated carbocycles. The lowest BCUT2D eigenvalue weighted by molar-refractivity contribution is -0.137. The molecule has 0 aliphatic carbocycles. The maximum absolute atomic E-state index is 12.8. The minimum atomic E-state index is -4.38. The normalized spacial score (nSPS) is 16.4. The Kier molecular flexibility index (Phi) is 8.31. The van der Waals surface area contributed by atoms with Crippen LogP contribution in [0.15, 0.2) is 18.3 Å². The maximum Gasteiger partial charge on any atom is 0.417 e. The van der Waals surface area contributed by atoms with Crippen molar-refractivity contribution in [2.45, 2.75) is 40.3 Å². The molecule has 0 aromatic carbocycles. The lowest BCUT2D eigenvalue weighted by Crippen LogP contribution is -2.44. The van der Waals surface area contributed by atoms with Gasteiger partial charge in [0.15, 0.2) is 0 Å². The van der Waals surface area contributed by atoms with Gasteiger partial charge in [-0.05, 0) is 30.4 Å². The van der Waals surface area contributed by atoms with E-state index in [1.165, 1.54) is 6.07 Å². The predicted molar refractivity (Wildman–Crippen MR) is 109 cm³/mol. The highest BCUT2D eigenvalue weighted by molar-refractivity contribution is 5.78. The van der Waals surface area contributed by atoms with Crippen LogP contribution in [-0.2, 0) is 11.0 Å². The van der Waals surface area contributed by atoms with Crippen LogP contribution in [0.4, 0.5) is 19.0 Å². The van der Waals surface area contributed by atoms with Crippen molar-refractivity contribution < 1.29 is 18.0 Å². The molecule has 1 aromatic heterocycles. The van der Waals surface area contributed by atoms with Crippen LogP contribution < -0.4 is 4.90 Å². The Morgan fingerprint density at radius 3 is 2.24 bits per heavy atom. The third kappa shape index (κ3) is 7.49. The highest BCUT2D eigenvalue weighted by Gasteiger charge is 2.31. The standard InChI is InChI=1S/C21H33F3N4O/c1-16(2)13-28(14-17(3)4)20(29)15-26-8-5-9-27(11-10-26)19-7-6-18(12-25-19)21(22,23)24/h6-7,12,16-17H,5,8-11,13-15H2,1-4H3. The number of alkyl halides is 3. The van der Waals surface area contributed by atoms with Crippen LogP contribution in [0.5, 0.6) is 0 Å². The summed E-state index contributed by atoms with van der Waals surface area (Å²) < 4.78 is 38.2. The van der Waals surface area contributed by atoms with E-state index in [9.17, 15) is 18.0 Å². The Morgan fingerprint density at radius 1 is 1.07 bits per heavy atom. The minimum absolute atomic E-state index is 0.147. The second kappa shape index (κ2) is 10.3. The van der Waals surface area contributed by atoms with Gasteiger partial charge in [-0.2, -0.15) is 13.2 Å². The zero-order valence-corrected chi connectivity index (χ0v) is 17.9. The van der Waals surface area contributed by atoms with E-state index in [0.29, 0.717) is 43.8 Å². The molecule has 2 rings (SSSR count). The van der Waals surface area contributed by atoms with E-state index in [0.717, 1.165) is 38.3 Å². The molecular weight excluding hydrogens is 381 g/mol. The van der Waals surface area contributed by atoms with Crippen molar-refractivity contribution in [2.24, 2.45) is 11.8 Å². The van der Waals surface area contributed by atoms with Gasteiger partial charge < -0.3 is 9.80 Å².